The first-order valence-electron chi connectivity index (χ1n) is 4.40. The molecule has 0 amide bonds. The SMILES string of the molecule is Cc1cnn(C)c1-c1csc(C(=O)O)c1. The Morgan fingerprint density at radius 1 is 1.60 bits per heavy atom. The highest BCUT2D eigenvalue weighted by Crippen LogP contribution is 2.27. The Labute approximate surface area is 90.8 Å². The third-order valence-corrected chi connectivity index (χ3v) is 3.12. The van der Waals surface area contributed by atoms with Crippen molar-refractivity contribution < 1.29 is 9.90 Å². The first kappa shape index (κ1) is 9.92. The van der Waals surface area contributed by atoms with Gasteiger partial charge in [-0.3, -0.25) is 4.68 Å². The second-order valence-corrected chi connectivity index (χ2v) is 4.22. The number of carboxylic acids is 1. The maximum absolute atomic E-state index is 10.7. The summed E-state index contributed by atoms with van der Waals surface area (Å²) in [6, 6.07) is 1.68. The minimum atomic E-state index is -0.883. The largest absolute Gasteiger partial charge is 0.477 e. The zero-order chi connectivity index (χ0) is 11.0. The van der Waals surface area contributed by atoms with Crippen LogP contribution in [0, 0.1) is 6.92 Å². The van der Waals surface area contributed by atoms with Gasteiger partial charge in [-0.15, -0.1) is 11.3 Å². The van der Waals surface area contributed by atoms with Gasteiger partial charge in [-0.2, -0.15) is 5.10 Å². The molecule has 0 aliphatic carbocycles. The molecule has 0 spiro atoms. The highest BCUT2D eigenvalue weighted by Gasteiger charge is 2.12. The molecule has 0 atom stereocenters. The summed E-state index contributed by atoms with van der Waals surface area (Å²) >= 11 is 1.23. The molecule has 78 valence electrons. The van der Waals surface area contributed by atoms with E-state index in [4.69, 9.17) is 5.11 Å². The lowest BCUT2D eigenvalue weighted by Gasteiger charge is -1.99. The summed E-state index contributed by atoms with van der Waals surface area (Å²) in [6.45, 7) is 1.96. The van der Waals surface area contributed by atoms with Gasteiger partial charge in [0.1, 0.15) is 4.88 Å². The van der Waals surface area contributed by atoms with Crippen molar-refractivity contribution in [3.05, 3.63) is 28.1 Å². The highest BCUT2D eigenvalue weighted by atomic mass is 32.1. The Bertz CT molecular complexity index is 494. The number of hydrogen-bond acceptors (Lipinski definition) is 3. The Morgan fingerprint density at radius 2 is 2.33 bits per heavy atom. The zero-order valence-corrected chi connectivity index (χ0v) is 9.21. The van der Waals surface area contributed by atoms with E-state index < -0.39 is 5.97 Å². The van der Waals surface area contributed by atoms with E-state index in [2.05, 4.69) is 5.10 Å². The van der Waals surface area contributed by atoms with Crippen LogP contribution in [0.4, 0.5) is 0 Å². The van der Waals surface area contributed by atoms with Crippen molar-refractivity contribution >= 4 is 17.3 Å². The van der Waals surface area contributed by atoms with Crippen LogP contribution in [0.3, 0.4) is 0 Å². The van der Waals surface area contributed by atoms with Gasteiger partial charge in [0.25, 0.3) is 0 Å². The molecule has 0 aliphatic rings. The number of aromatic nitrogens is 2. The molecule has 0 aliphatic heterocycles. The van der Waals surface area contributed by atoms with Crippen LogP contribution in [0.15, 0.2) is 17.6 Å². The second-order valence-electron chi connectivity index (χ2n) is 3.30. The van der Waals surface area contributed by atoms with Crippen molar-refractivity contribution in [3.8, 4) is 11.3 Å². The highest BCUT2D eigenvalue weighted by molar-refractivity contribution is 7.12. The summed E-state index contributed by atoms with van der Waals surface area (Å²) in [4.78, 5) is 11.1. The monoisotopic (exact) mass is 222 g/mol. The molecular formula is C10H10N2O2S. The predicted octanol–water partition coefficient (Wildman–Crippen LogP) is 2.16. The van der Waals surface area contributed by atoms with Crippen LogP contribution >= 0.6 is 11.3 Å². The minimum Gasteiger partial charge on any atom is -0.477 e. The lowest BCUT2D eigenvalue weighted by Crippen LogP contribution is -1.94. The molecule has 0 bridgehead atoms. The first-order chi connectivity index (χ1) is 7.09. The van der Waals surface area contributed by atoms with Crippen LogP contribution in [0.5, 0.6) is 0 Å². The Kier molecular flexibility index (Phi) is 2.32. The van der Waals surface area contributed by atoms with Crippen molar-refractivity contribution in [2.75, 3.05) is 0 Å². The van der Waals surface area contributed by atoms with E-state index in [1.807, 2.05) is 19.4 Å². The van der Waals surface area contributed by atoms with Gasteiger partial charge in [0.2, 0.25) is 0 Å². The summed E-state index contributed by atoms with van der Waals surface area (Å²) < 4.78 is 1.75. The molecule has 2 aromatic heterocycles. The van der Waals surface area contributed by atoms with Crippen molar-refractivity contribution in [2.45, 2.75) is 6.92 Å². The van der Waals surface area contributed by atoms with Crippen molar-refractivity contribution in [2.24, 2.45) is 7.05 Å². The molecule has 0 saturated carbocycles. The van der Waals surface area contributed by atoms with E-state index in [1.54, 1.807) is 16.9 Å². The third kappa shape index (κ3) is 1.66. The third-order valence-electron chi connectivity index (χ3n) is 2.21. The van der Waals surface area contributed by atoms with Gasteiger partial charge >= 0.3 is 5.97 Å². The predicted molar refractivity (Wildman–Crippen MR) is 58.2 cm³/mol. The number of aryl methyl sites for hydroxylation is 2. The number of carboxylic acid groups (broad SMARTS) is 1. The molecule has 2 heterocycles. The molecule has 0 fully saturated rings. The lowest BCUT2D eigenvalue weighted by atomic mass is 10.1. The fourth-order valence-corrected chi connectivity index (χ4v) is 2.26. The van der Waals surface area contributed by atoms with Gasteiger partial charge in [0, 0.05) is 18.0 Å². The maximum Gasteiger partial charge on any atom is 0.345 e. The van der Waals surface area contributed by atoms with E-state index in [0.29, 0.717) is 4.88 Å². The van der Waals surface area contributed by atoms with E-state index in [1.165, 1.54) is 11.3 Å². The first-order valence-corrected chi connectivity index (χ1v) is 5.28. The van der Waals surface area contributed by atoms with Crippen LogP contribution < -0.4 is 0 Å². The Morgan fingerprint density at radius 3 is 2.80 bits per heavy atom. The lowest BCUT2D eigenvalue weighted by molar-refractivity contribution is 0.0702. The van der Waals surface area contributed by atoms with Gasteiger partial charge < -0.3 is 5.11 Å². The van der Waals surface area contributed by atoms with Gasteiger partial charge in [-0.1, -0.05) is 0 Å². The van der Waals surface area contributed by atoms with Crippen molar-refractivity contribution in [1.29, 1.82) is 0 Å². The normalized spacial score (nSPS) is 10.5. The minimum absolute atomic E-state index is 0.352. The molecular weight excluding hydrogens is 212 g/mol. The van der Waals surface area contributed by atoms with Crippen LogP contribution in [0.2, 0.25) is 0 Å². The summed E-state index contributed by atoms with van der Waals surface area (Å²) in [7, 11) is 1.85. The Balaban J connectivity index is 2.50. The molecule has 2 rings (SSSR count). The summed E-state index contributed by atoms with van der Waals surface area (Å²) in [5, 5.41) is 14.8. The van der Waals surface area contributed by atoms with E-state index in [0.717, 1.165) is 16.8 Å². The summed E-state index contributed by atoms with van der Waals surface area (Å²) in [5.74, 6) is -0.883. The molecule has 1 N–H and O–H groups in total. The molecule has 4 nitrogen and oxygen atoms in total. The fraction of sp³-hybridized carbons (Fsp3) is 0.200. The number of rotatable bonds is 2. The van der Waals surface area contributed by atoms with E-state index in [-0.39, 0.29) is 0 Å². The molecule has 0 radical (unpaired) electrons. The van der Waals surface area contributed by atoms with Crippen LogP contribution in [-0.2, 0) is 7.05 Å². The maximum atomic E-state index is 10.7. The number of aromatic carboxylic acids is 1. The second kappa shape index (κ2) is 3.51. The van der Waals surface area contributed by atoms with Crippen molar-refractivity contribution in [1.82, 2.24) is 9.78 Å². The fourth-order valence-electron chi connectivity index (χ4n) is 1.53. The zero-order valence-electron chi connectivity index (χ0n) is 8.39. The van der Waals surface area contributed by atoms with Gasteiger partial charge in [-0.25, -0.2) is 4.79 Å². The molecule has 0 saturated heterocycles. The van der Waals surface area contributed by atoms with E-state index in [9.17, 15) is 4.79 Å². The van der Waals surface area contributed by atoms with Gasteiger partial charge in [0.15, 0.2) is 0 Å². The Hall–Kier alpha value is -1.62. The topological polar surface area (TPSA) is 55.1 Å². The van der Waals surface area contributed by atoms with Crippen LogP contribution in [0.25, 0.3) is 11.3 Å². The average molecular weight is 222 g/mol. The quantitative estimate of drug-likeness (QED) is 0.847. The molecule has 2 aromatic rings. The number of nitrogens with zero attached hydrogens (tertiary/aromatic N) is 2. The molecule has 0 unspecified atom stereocenters. The van der Waals surface area contributed by atoms with Crippen LogP contribution in [-0.4, -0.2) is 20.9 Å². The smallest absolute Gasteiger partial charge is 0.345 e. The van der Waals surface area contributed by atoms with Gasteiger partial charge in [0.05, 0.1) is 11.9 Å². The number of carbonyl (C=O) groups is 1. The summed E-state index contributed by atoms with van der Waals surface area (Å²) in [5.41, 5.74) is 2.93. The number of hydrogen-bond donors (Lipinski definition) is 1. The van der Waals surface area contributed by atoms with Gasteiger partial charge in [-0.05, 0) is 18.6 Å². The van der Waals surface area contributed by atoms with E-state index >= 15 is 0 Å². The molecule has 5 heteroatoms. The van der Waals surface area contributed by atoms with Crippen LogP contribution in [0.1, 0.15) is 15.2 Å². The average Bonchev–Trinajstić information content (AvgIpc) is 2.73. The standard InChI is InChI=1S/C10H10N2O2S/c1-6-4-11-12(2)9(6)7-3-8(10(13)14)15-5-7/h3-5H,1-2H3,(H,13,14). The molecule has 15 heavy (non-hydrogen) atoms. The number of thiophene rings is 1. The molecule has 0 aromatic carbocycles. The summed E-state index contributed by atoms with van der Waals surface area (Å²) in [6.07, 6.45) is 1.77. The van der Waals surface area contributed by atoms with Crippen molar-refractivity contribution in [3.63, 3.8) is 0 Å².